The molecule has 0 aliphatic heterocycles. The molecule has 104 valence electrons. The first-order valence-electron chi connectivity index (χ1n) is 6.18. The molecule has 2 aromatic rings. The van der Waals surface area contributed by atoms with Gasteiger partial charge in [-0.05, 0) is 46.3 Å². The molecule has 0 saturated carbocycles. The van der Waals surface area contributed by atoms with Crippen LogP contribution >= 0.6 is 15.9 Å². The van der Waals surface area contributed by atoms with Crippen molar-refractivity contribution < 1.29 is 9.18 Å². The Morgan fingerprint density at radius 2 is 2.15 bits per heavy atom. The summed E-state index contributed by atoms with van der Waals surface area (Å²) in [5.41, 5.74) is 1.40. The van der Waals surface area contributed by atoms with Crippen LogP contribution in [0.5, 0.6) is 0 Å². The maximum atomic E-state index is 13.2. The van der Waals surface area contributed by atoms with E-state index in [9.17, 15) is 9.18 Å². The van der Waals surface area contributed by atoms with Gasteiger partial charge >= 0.3 is 0 Å². The van der Waals surface area contributed by atoms with Gasteiger partial charge in [0.2, 0.25) is 0 Å². The first kappa shape index (κ1) is 14.7. The van der Waals surface area contributed by atoms with Gasteiger partial charge in [-0.3, -0.25) is 9.78 Å². The molecule has 0 aliphatic carbocycles. The van der Waals surface area contributed by atoms with Crippen LogP contribution in [0.3, 0.4) is 0 Å². The van der Waals surface area contributed by atoms with Crippen LogP contribution in [0.25, 0.3) is 0 Å². The fraction of sp³-hybridized carbons (Fsp3) is 0.200. The largest absolute Gasteiger partial charge is 0.341 e. The fourth-order valence-corrected chi connectivity index (χ4v) is 2.16. The van der Waals surface area contributed by atoms with E-state index in [1.165, 1.54) is 18.2 Å². The molecule has 0 atom stereocenters. The second-order valence-electron chi connectivity index (χ2n) is 4.43. The third-order valence-electron chi connectivity index (χ3n) is 2.94. The number of halogens is 2. The maximum Gasteiger partial charge on any atom is 0.253 e. The Morgan fingerprint density at radius 1 is 1.35 bits per heavy atom. The van der Waals surface area contributed by atoms with Crippen LogP contribution in [-0.2, 0) is 6.42 Å². The molecule has 0 radical (unpaired) electrons. The lowest BCUT2D eigenvalue weighted by molar-refractivity contribution is 0.0796. The molecular formula is C15H14BrFN2O. The number of hydrogen-bond donors (Lipinski definition) is 0. The normalized spacial score (nSPS) is 10.3. The first-order chi connectivity index (χ1) is 9.58. The highest BCUT2D eigenvalue weighted by Crippen LogP contribution is 2.17. The van der Waals surface area contributed by atoms with Crippen LogP contribution in [0.2, 0.25) is 0 Å². The summed E-state index contributed by atoms with van der Waals surface area (Å²) in [4.78, 5) is 18.0. The molecule has 0 spiro atoms. The summed E-state index contributed by atoms with van der Waals surface area (Å²) in [7, 11) is 1.72. The highest BCUT2D eigenvalue weighted by Gasteiger charge is 2.13. The smallest absolute Gasteiger partial charge is 0.253 e. The lowest BCUT2D eigenvalue weighted by Gasteiger charge is -2.17. The number of hydrogen-bond acceptors (Lipinski definition) is 2. The van der Waals surface area contributed by atoms with Crippen LogP contribution in [-0.4, -0.2) is 29.4 Å². The van der Waals surface area contributed by atoms with Crippen LogP contribution in [0.1, 0.15) is 16.1 Å². The number of benzene rings is 1. The van der Waals surface area contributed by atoms with Gasteiger partial charge in [0.05, 0.1) is 4.47 Å². The summed E-state index contributed by atoms with van der Waals surface area (Å²) in [6.45, 7) is 0.560. The van der Waals surface area contributed by atoms with Gasteiger partial charge in [-0.1, -0.05) is 6.07 Å². The minimum Gasteiger partial charge on any atom is -0.341 e. The van der Waals surface area contributed by atoms with E-state index in [-0.39, 0.29) is 11.7 Å². The van der Waals surface area contributed by atoms with Gasteiger partial charge in [0, 0.05) is 37.5 Å². The van der Waals surface area contributed by atoms with Gasteiger partial charge in [0.25, 0.3) is 5.91 Å². The van der Waals surface area contributed by atoms with Gasteiger partial charge in [0.15, 0.2) is 0 Å². The number of aromatic nitrogens is 1. The zero-order chi connectivity index (χ0) is 14.5. The zero-order valence-electron chi connectivity index (χ0n) is 11.0. The molecule has 0 saturated heterocycles. The standard InChI is InChI=1S/C15H14BrFN2O/c1-19(9-7-12-4-2-3-8-18-12)15(20)11-5-6-14(17)13(16)10-11/h2-6,8,10H,7,9H2,1H3. The molecule has 1 aromatic heterocycles. The molecule has 0 aliphatic rings. The molecular weight excluding hydrogens is 323 g/mol. The van der Waals surface area contributed by atoms with Crippen molar-refractivity contribution in [3.8, 4) is 0 Å². The van der Waals surface area contributed by atoms with Crippen LogP contribution in [0.15, 0.2) is 47.1 Å². The molecule has 20 heavy (non-hydrogen) atoms. The quantitative estimate of drug-likeness (QED) is 0.858. The summed E-state index contributed by atoms with van der Waals surface area (Å²) in [6, 6.07) is 9.96. The number of carbonyl (C=O) groups excluding carboxylic acids is 1. The summed E-state index contributed by atoms with van der Waals surface area (Å²) < 4.78 is 13.4. The molecule has 0 unspecified atom stereocenters. The van der Waals surface area contributed by atoms with Crippen molar-refractivity contribution in [1.82, 2.24) is 9.88 Å². The Kier molecular flexibility index (Phi) is 4.84. The number of pyridine rings is 1. The summed E-state index contributed by atoms with van der Waals surface area (Å²) in [6.07, 6.45) is 2.42. The van der Waals surface area contributed by atoms with E-state index in [1.807, 2.05) is 18.2 Å². The molecule has 1 amide bonds. The molecule has 1 aromatic carbocycles. The van der Waals surface area contributed by atoms with Gasteiger partial charge < -0.3 is 4.90 Å². The third kappa shape index (κ3) is 3.63. The van der Waals surface area contributed by atoms with Crippen molar-refractivity contribution in [3.63, 3.8) is 0 Å². The van der Waals surface area contributed by atoms with Crippen LogP contribution in [0.4, 0.5) is 4.39 Å². The second-order valence-corrected chi connectivity index (χ2v) is 5.28. The zero-order valence-corrected chi connectivity index (χ0v) is 12.6. The average molecular weight is 337 g/mol. The predicted molar refractivity (Wildman–Crippen MR) is 79.0 cm³/mol. The highest BCUT2D eigenvalue weighted by atomic mass is 79.9. The Morgan fingerprint density at radius 3 is 2.80 bits per heavy atom. The Bertz CT molecular complexity index is 604. The molecule has 1 heterocycles. The minimum atomic E-state index is -0.377. The monoisotopic (exact) mass is 336 g/mol. The van der Waals surface area contributed by atoms with E-state index in [0.29, 0.717) is 23.0 Å². The van der Waals surface area contributed by atoms with E-state index in [2.05, 4.69) is 20.9 Å². The van der Waals surface area contributed by atoms with Gasteiger partial charge in [-0.2, -0.15) is 0 Å². The van der Waals surface area contributed by atoms with Gasteiger partial charge in [0.1, 0.15) is 5.82 Å². The number of carbonyl (C=O) groups is 1. The Labute approximate surface area is 125 Å². The lowest BCUT2D eigenvalue weighted by atomic mass is 10.2. The number of likely N-dealkylation sites (N-methyl/N-ethyl adjacent to an activating group) is 1. The van der Waals surface area contributed by atoms with Gasteiger partial charge in [-0.15, -0.1) is 0 Å². The fourth-order valence-electron chi connectivity index (χ4n) is 1.78. The molecule has 3 nitrogen and oxygen atoms in total. The van der Waals surface area contributed by atoms with Crippen molar-refractivity contribution in [2.24, 2.45) is 0 Å². The summed E-state index contributed by atoms with van der Waals surface area (Å²) >= 11 is 3.08. The van der Waals surface area contributed by atoms with Crippen molar-refractivity contribution in [1.29, 1.82) is 0 Å². The minimum absolute atomic E-state index is 0.137. The summed E-state index contributed by atoms with van der Waals surface area (Å²) in [5.74, 6) is -0.515. The van der Waals surface area contributed by atoms with Crippen molar-refractivity contribution >= 4 is 21.8 Å². The Balaban J connectivity index is 1.99. The van der Waals surface area contributed by atoms with Crippen molar-refractivity contribution in [2.45, 2.75) is 6.42 Å². The van der Waals surface area contributed by atoms with Crippen LogP contribution in [0, 0.1) is 5.82 Å². The summed E-state index contributed by atoms with van der Waals surface area (Å²) in [5, 5.41) is 0. The molecule has 0 fully saturated rings. The Hall–Kier alpha value is -1.75. The maximum absolute atomic E-state index is 13.2. The van der Waals surface area contributed by atoms with E-state index in [0.717, 1.165) is 5.69 Å². The first-order valence-corrected chi connectivity index (χ1v) is 6.97. The molecule has 0 N–H and O–H groups in total. The van der Waals surface area contributed by atoms with Crippen molar-refractivity contribution in [3.05, 3.63) is 64.1 Å². The predicted octanol–water partition coefficient (Wildman–Crippen LogP) is 3.30. The topological polar surface area (TPSA) is 33.2 Å². The van der Waals surface area contributed by atoms with Crippen molar-refractivity contribution in [2.75, 3.05) is 13.6 Å². The number of rotatable bonds is 4. The highest BCUT2D eigenvalue weighted by molar-refractivity contribution is 9.10. The third-order valence-corrected chi connectivity index (χ3v) is 3.55. The van der Waals surface area contributed by atoms with E-state index in [4.69, 9.17) is 0 Å². The number of amides is 1. The average Bonchev–Trinajstić information content (AvgIpc) is 2.48. The number of nitrogens with zero attached hydrogens (tertiary/aromatic N) is 2. The SMILES string of the molecule is CN(CCc1ccccn1)C(=O)c1ccc(F)c(Br)c1. The van der Waals surface area contributed by atoms with E-state index in [1.54, 1.807) is 18.1 Å². The van der Waals surface area contributed by atoms with E-state index < -0.39 is 0 Å². The van der Waals surface area contributed by atoms with Gasteiger partial charge in [-0.25, -0.2) is 4.39 Å². The van der Waals surface area contributed by atoms with Crippen LogP contribution < -0.4 is 0 Å². The second kappa shape index (κ2) is 6.61. The lowest BCUT2D eigenvalue weighted by Crippen LogP contribution is -2.29. The molecule has 0 bridgehead atoms. The van der Waals surface area contributed by atoms with E-state index >= 15 is 0 Å². The molecule has 5 heteroatoms. The molecule has 2 rings (SSSR count).